The maximum absolute atomic E-state index is 13.5. The van der Waals surface area contributed by atoms with Crippen LogP contribution >= 0.6 is 23.2 Å². The van der Waals surface area contributed by atoms with Gasteiger partial charge < -0.3 is 19.1 Å². The van der Waals surface area contributed by atoms with E-state index in [1.807, 2.05) is 42.2 Å². The van der Waals surface area contributed by atoms with E-state index in [2.05, 4.69) is 10.1 Å². The third kappa shape index (κ3) is 5.25. The Morgan fingerprint density at radius 2 is 2.00 bits per heavy atom. The number of carbonyl (C=O) groups is 1. The van der Waals surface area contributed by atoms with Crippen molar-refractivity contribution in [3.05, 3.63) is 52.5 Å². The van der Waals surface area contributed by atoms with Crippen molar-refractivity contribution in [2.45, 2.75) is 26.2 Å². The van der Waals surface area contributed by atoms with Crippen LogP contribution in [0.1, 0.15) is 26.2 Å². The summed E-state index contributed by atoms with van der Waals surface area (Å²) in [6.07, 6.45) is 2.49. The van der Waals surface area contributed by atoms with E-state index in [-0.39, 0.29) is 11.8 Å². The molecule has 1 aliphatic rings. The van der Waals surface area contributed by atoms with Gasteiger partial charge in [-0.2, -0.15) is 4.98 Å². The Morgan fingerprint density at radius 3 is 2.70 bits per heavy atom. The molecule has 1 aliphatic heterocycles. The second kappa shape index (κ2) is 10.4. The van der Waals surface area contributed by atoms with Crippen LogP contribution in [0.15, 0.2) is 47.0 Å². The highest BCUT2D eigenvalue weighted by atomic mass is 35.5. The number of rotatable bonds is 7. The molecule has 7 nitrogen and oxygen atoms in total. The summed E-state index contributed by atoms with van der Waals surface area (Å²) in [6, 6.07) is 13.2. The van der Waals surface area contributed by atoms with Gasteiger partial charge in [-0.05, 0) is 61.7 Å². The summed E-state index contributed by atoms with van der Waals surface area (Å²) < 4.78 is 10.7. The van der Waals surface area contributed by atoms with Gasteiger partial charge in [0.1, 0.15) is 5.75 Å². The van der Waals surface area contributed by atoms with Gasteiger partial charge >= 0.3 is 6.01 Å². The minimum atomic E-state index is -0.184. The number of anilines is 2. The van der Waals surface area contributed by atoms with E-state index in [9.17, 15) is 4.79 Å². The molecule has 2 heterocycles. The van der Waals surface area contributed by atoms with Gasteiger partial charge in [-0.15, -0.1) is 0 Å². The summed E-state index contributed by atoms with van der Waals surface area (Å²) in [7, 11) is 1.62. The lowest BCUT2D eigenvalue weighted by Crippen LogP contribution is -2.45. The molecule has 0 aliphatic carbocycles. The predicted molar refractivity (Wildman–Crippen MR) is 130 cm³/mol. The van der Waals surface area contributed by atoms with Crippen LogP contribution in [0.2, 0.25) is 10.0 Å². The van der Waals surface area contributed by atoms with Crippen molar-refractivity contribution in [2.75, 3.05) is 36.5 Å². The Morgan fingerprint density at radius 1 is 1.21 bits per heavy atom. The molecule has 1 saturated heterocycles. The van der Waals surface area contributed by atoms with Crippen LogP contribution in [0.5, 0.6) is 5.75 Å². The maximum Gasteiger partial charge on any atom is 0.324 e. The number of carbonyl (C=O) groups excluding carboxylic acids is 1. The van der Waals surface area contributed by atoms with Gasteiger partial charge in [0.2, 0.25) is 11.7 Å². The average molecular weight is 489 g/mol. The van der Waals surface area contributed by atoms with Crippen LogP contribution in [0.4, 0.5) is 11.7 Å². The van der Waals surface area contributed by atoms with Gasteiger partial charge in [0, 0.05) is 30.9 Å². The second-order valence-corrected chi connectivity index (χ2v) is 8.82. The highest BCUT2D eigenvalue weighted by molar-refractivity contribution is 6.42. The van der Waals surface area contributed by atoms with E-state index in [0.29, 0.717) is 35.0 Å². The summed E-state index contributed by atoms with van der Waals surface area (Å²) >= 11 is 12.3. The molecule has 2 aromatic carbocycles. The van der Waals surface area contributed by atoms with Crippen molar-refractivity contribution in [3.8, 4) is 17.1 Å². The van der Waals surface area contributed by atoms with Crippen LogP contribution in [0, 0.1) is 5.92 Å². The molecule has 4 rings (SSSR count). The molecular weight excluding hydrogens is 463 g/mol. The van der Waals surface area contributed by atoms with Crippen LogP contribution in [-0.4, -0.2) is 42.8 Å². The molecule has 1 fully saturated rings. The van der Waals surface area contributed by atoms with Crippen LogP contribution in [0.25, 0.3) is 11.4 Å². The molecule has 33 heavy (non-hydrogen) atoms. The molecule has 1 amide bonds. The zero-order valence-corrected chi connectivity index (χ0v) is 20.1. The quantitative estimate of drug-likeness (QED) is 0.423. The summed E-state index contributed by atoms with van der Waals surface area (Å²) in [6.45, 7) is 3.93. The molecule has 174 valence electrons. The SMILES string of the molecule is CCCN(C(=O)[C@@H]1CCCN(c2nc(-c3ccc(OC)cc3)no2)C1)c1ccc(Cl)c(Cl)c1. The molecular formula is C24H26Cl2N4O3. The first kappa shape index (κ1) is 23.4. The Labute approximate surface area is 203 Å². The molecule has 1 atom stereocenters. The number of benzene rings is 2. The standard InChI is InChI=1S/C24H26Cl2N4O3/c1-3-12-30(18-8-11-20(25)21(26)14-18)23(31)17-5-4-13-29(15-17)24-27-22(28-33-24)16-6-9-19(32-2)10-7-16/h6-11,14,17H,3-5,12-13,15H2,1-2H3/t17-/m1/s1. The Kier molecular flexibility index (Phi) is 7.40. The minimum Gasteiger partial charge on any atom is -0.497 e. The van der Waals surface area contributed by atoms with Crippen molar-refractivity contribution in [3.63, 3.8) is 0 Å². The number of amides is 1. The molecule has 0 spiro atoms. The highest BCUT2D eigenvalue weighted by Gasteiger charge is 2.32. The zero-order chi connectivity index (χ0) is 23.4. The summed E-state index contributed by atoms with van der Waals surface area (Å²) in [5, 5.41) is 5.03. The average Bonchev–Trinajstić information content (AvgIpc) is 3.34. The molecule has 9 heteroatoms. The molecule has 0 unspecified atom stereocenters. The lowest BCUT2D eigenvalue weighted by Gasteiger charge is -2.34. The van der Waals surface area contributed by atoms with E-state index in [1.54, 1.807) is 24.1 Å². The number of aromatic nitrogens is 2. The number of methoxy groups -OCH3 is 1. The molecule has 0 radical (unpaired) electrons. The smallest absolute Gasteiger partial charge is 0.324 e. The molecule has 3 aromatic rings. The third-order valence-corrected chi connectivity index (χ3v) is 6.47. The molecule has 1 aromatic heterocycles. The van der Waals surface area contributed by atoms with Crippen LogP contribution < -0.4 is 14.5 Å². The lowest BCUT2D eigenvalue weighted by molar-refractivity contribution is -0.122. The number of piperidine rings is 1. The van der Waals surface area contributed by atoms with Gasteiger partial charge in [0.15, 0.2) is 0 Å². The van der Waals surface area contributed by atoms with E-state index in [0.717, 1.165) is 42.8 Å². The topological polar surface area (TPSA) is 71.7 Å². The summed E-state index contributed by atoms with van der Waals surface area (Å²) in [5.41, 5.74) is 1.59. The predicted octanol–water partition coefficient (Wildman–Crippen LogP) is 5.71. The zero-order valence-electron chi connectivity index (χ0n) is 18.6. The fourth-order valence-electron chi connectivity index (χ4n) is 4.02. The number of ether oxygens (including phenoxy) is 1. The minimum absolute atomic E-state index is 0.0647. The Hall–Kier alpha value is -2.77. The third-order valence-electron chi connectivity index (χ3n) is 5.73. The van der Waals surface area contributed by atoms with Crippen molar-refractivity contribution in [1.29, 1.82) is 0 Å². The first-order valence-electron chi connectivity index (χ1n) is 11.0. The first-order valence-corrected chi connectivity index (χ1v) is 11.7. The van der Waals surface area contributed by atoms with Crippen molar-refractivity contribution in [2.24, 2.45) is 5.92 Å². The van der Waals surface area contributed by atoms with E-state index >= 15 is 0 Å². The largest absolute Gasteiger partial charge is 0.497 e. The van der Waals surface area contributed by atoms with E-state index in [1.165, 1.54) is 0 Å². The molecule has 0 bridgehead atoms. The van der Waals surface area contributed by atoms with Crippen molar-refractivity contribution in [1.82, 2.24) is 10.1 Å². The fraction of sp³-hybridized carbons (Fsp3) is 0.375. The van der Waals surface area contributed by atoms with E-state index in [4.69, 9.17) is 32.5 Å². The Bertz CT molecular complexity index is 1100. The van der Waals surface area contributed by atoms with Crippen LogP contribution in [-0.2, 0) is 4.79 Å². The normalized spacial score (nSPS) is 16.0. The van der Waals surface area contributed by atoms with Crippen LogP contribution in [0.3, 0.4) is 0 Å². The highest BCUT2D eigenvalue weighted by Crippen LogP contribution is 2.31. The number of nitrogens with zero attached hydrogens (tertiary/aromatic N) is 4. The van der Waals surface area contributed by atoms with Crippen molar-refractivity contribution < 1.29 is 14.1 Å². The maximum atomic E-state index is 13.5. The van der Waals surface area contributed by atoms with Gasteiger partial charge in [-0.1, -0.05) is 35.3 Å². The summed E-state index contributed by atoms with van der Waals surface area (Å²) in [5.74, 6) is 1.15. The first-order chi connectivity index (χ1) is 16.0. The Balaban J connectivity index is 1.49. The number of halogens is 2. The molecule has 0 N–H and O–H groups in total. The number of hydrogen-bond donors (Lipinski definition) is 0. The second-order valence-electron chi connectivity index (χ2n) is 8.00. The summed E-state index contributed by atoms with van der Waals surface area (Å²) in [4.78, 5) is 21.8. The fourth-order valence-corrected chi connectivity index (χ4v) is 4.31. The van der Waals surface area contributed by atoms with Crippen molar-refractivity contribution >= 4 is 40.8 Å². The lowest BCUT2D eigenvalue weighted by atomic mass is 9.96. The van der Waals surface area contributed by atoms with E-state index < -0.39 is 0 Å². The van der Waals surface area contributed by atoms with Gasteiger partial charge in [0.25, 0.3) is 0 Å². The van der Waals surface area contributed by atoms with Gasteiger partial charge in [-0.3, -0.25) is 4.79 Å². The van der Waals surface area contributed by atoms with Gasteiger partial charge in [-0.25, -0.2) is 0 Å². The van der Waals surface area contributed by atoms with Gasteiger partial charge in [0.05, 0.1) is 23.1 Å². The molecule has 0 saturated carbocycles. The number of hydrogen-bond acceptors (Lipinski definition) is 6. The monoisotopic (exact) mass is 488 g/mol.